The zero-order chi connectivity index (χ0) is 28.6. The second-order valence-corrected chi connectivity index (χ2v) is 9.57. The van der Waals surface area contributed by atoms with Gasteiger partial charge in [-0.25, -0.2) is 0 Å². The summed E-state index contributed by atoms with van der Waals surface area (Å²) in [7, 11) is 0. The molecule has 1 saturated carbocycles. The molecule has 1 aliphatic heterocycles. The number of nitrogens with two attached hydrogens (primary N) is 2. The van der Waals surface area contributed by atoms with E-state index in [9.17, 15) is 33.9 Å². The first-order valence-corrected chi connectivity index (χ1v) is 12.5. The van der Waals surface area contributed by atoms with Crippen LogP contribution in [0.4, 0.5) is 0 Å². The van der Waals surface area contributed by atoms with Gasteiger partial charge in [0.1, 0.15) is 12.1 Å². The molecule has 9 N–H and O–H groups in total. The Bertz CT molecular complexity index is 965. The number of carboxylic acids is 1. The van der Waals surface area contributed by atoms with Crippen LogP contribution in [0.2, 0.25) is 0 Å². The number of nitrogens with one attached hydrogen (secondary N) is 4. The number of hydrogen-bond acceptors (Lipinski definition) is 9. The van der Waals surface area contributed by atoms with Gasteiger partial charge in [-0.1, -0.05) is 13.8 Å². The molecule has 0 aromatic carbocycles. The van der Waals surface area contributed by atoms with E-state index in [0.29, 0.717) is 6.42 Å². The molecule has 0 radical (unpaired) electrons. The number of amides is 3. The summed E-state index contributed by atoms with van der Waals surface area (Å²) in [6.07, 6.45) is -0.201. The molecule has 6 atom stereocenters. The predicted octanol–water partition coefficient (Wildman–Crippen LogP) is -3.02. The molecule has 15 nitrogen and oxygen atoms in total. The van der Waals surface area contributed by atoms with E-state index in [1.54, 1.807) is 20.8 Å². The Labute approximate surface area is 219 Å². The Balaban J connectivity index is 2.36. The number of fused-ring (bicyclic) bond motifs is 1. The molecule has 1 aliphatic carbocycles. The molecule has 0 aromatic rings. The topological polar surface area (TPSA) is 244 Å². The highest BCUT2D eigenvalue weighted by Crippen LogP contribution is 2.41. The minimum absolute atomic E-state index is 0.0571. The number of carbonyl (C=O) groups is 6. The van der Waals surface area contributed by atoms with E-state index in [0.717, 1.165) is 0 Å². The van der Waals surface area contributed by atoms with Gasteiger partial charge in [-0.2, -0.15) is 0 Å². The summed E-state index contributed by atoms with van der Waals surface area (Å²) in [5, 5.41) is 19.8. The fourth-order valence-corrected chi connectivity index (χ4v) is 4.29. The van der Waals surface area contributed by atoms with Gasteiger partial charge in [0.15, 0.2) is 11.7 Å². The Kier molecular flexibility index (Phi) is 11.0. The second-order valence-electron chi connectivity index (χ2n) is 9.57. The van der Waals surface area contributed by atoms with Gasteiger partial charge in [0, 0.05) is 12.6 Å². The van der Waals surface area contributed by atoms with Crippen molar-refractivity contribution in [2.24, 2.45) is 34.2 Å². The van der Waals surface area contributed by atoms with Gasteiger partial charge in [-0.3, -0.25) is 33.8 Å². The van der Waals surface area contributed by atoms with Gasteiger partial charge in [-0.15, -0.1) is 0 Å². The first-order valence-electron chi connectivity index (χ1n) is 12.5. The normalized spacial score (nSPS) is 28.2. The lowest BCUT2D eigenvalue weighted by Crippen LogP contribution is -2.57. The van der Waals surface area contributed by atoms with Gasteiger partial charge in [0.05, 0.1) is 37.5 Å². The van der Waals surface area contributed by atoms with Crippen molar-refractivity contribution < 1.29 is 38.6 Å². The quantitative estimate of drug-likeness (QED) is 0.0672. The zero-order valence-electron chi connectivity index (χ0n) is 21.7. The molecule has 0 aromatic heterocycles. The van der Waals surface area contributed by atoms with Crippen LogP contribution in [0.25, 0.3) is 0 Å². The number of carbonyl (C=O) groups excluding carboxylic acids is 5. The summed E-state index contributed by atoms with van der Waals surface area (Å²) in [4.78, 5) is 79.9. The van der Waals surface area contributed by atoms with Crippen molar-refractivity contribution in [2.45, 2.75) is 64.2 Å². The third kappa shape index (κ3) is 8.39. The van der Waals surface area contributed by atoms with Crippen molar-refractivity contribution >= 4 is 41.4 Å². The molecule has 2 fully saturated rings. The smallest absolute Gasteiger partial charge is 0.311 e. The lowest BCUT2D eigenvalue weighted by atomic mass is 10.0. The lowest BCUT2D eigenvalue weighted by molar-refractivity contribution is -0.146. The lowest BCUT2D eigenvalue weighted by Gasteiger charge is -2.26. The monoisotopic (exact) mass is 539 g/mol. The Morgan fingerprint density at radius 1 is 1.08 bits per heavy atom. The fraction of sp³-hybridized carbons (Fsp3) is 0.696. The highest BCUT2D eigenvalue weighted by molar-refractivity contribution is 5.98. The van der Waals surface area contributed by atoms with Crippen molar-refractivity contribution in [1.29, 1.82) is 0 Å². The van der Waals surface area contributed by atoms with Crippen molar-refractivity contribution in [1.82, 2.24) is 21.3 Å². The van der Waals surface area contributed by atoms with Crippen molar-refractivity contribution in [3.63, 3.8) is 0 Å². The van der Waals surface area contributed by atoms with Gasteiger partial charge in [0.2, 0.25) is 17.7 Å². The van der Waals surface area contributed by atoms with E-state index in [2.05, 4.69) is 26.3 Å². The van der Waals surface area contributed by atoms with Crippen LogP contribution in [0.3, 0.4) is 0 Å². The summed E-state index contributed by atoms with van der Waals surface area (Å²) < 4.78 is 5.05. The summed E-state index contributed by atoms with van der Waals surface area (Å²) in [6.45, 7) is 4.71. The van der Waals surface area contributed by atoms with Crippen LogP contribution in [-0.4, -0.2) is 90.4 Å². The number of esters is 1. The SMILES string of the molecule is CCOC(=O)[C@H]1[C@@H]2N[C@@H](CC(=O)O)C(=O)CNC(=O)[C@H](CCCN=C(N)N)NC(=O)[C@H](C(C)C)NC(=O)[C@@H]21. The van der Waals surface area contributed by atoms with Gasteiger partial charge in [-0.05, 0) is 25.7 Å². The van der Waals surface area contributed by atoms with Gasteiger partial charge in [0.25, 0.3) is 0 Å². The molecule has 2 rings (SSSR count). The Morgan fingerprint density at radius 2 is 1.76 bits per heavy atom. The first kappa shape index (κ1) is 30.5. The molecular formula is C23H37N7O8. The number of carboxylic acid groups (broad SMARTS) is 1. The molecule has 2 aliphatic rings. The van der Waals surface area contributed by atoms with Crippen LogP contribution in [0, 0.1) is 17.8 Å². The van der Waals surface area contributed by atoms with E-state index >= 15 is 0 Å². The number of hydrogen-bond donors (Lipinski definition) is 7. The van der Waals surface area contributed by atoms with Crippen LogP contribution >= 0.6 is 0 Å². The molecule has 1 heterocycles. The standard InChI is InChI=1S/C23H37N7O8/c1-4-38-22(37)16-15-18(16)28-12(8-14(32)33)13(31)9-27-19(34)11(6-5-7-26-23(24)25)29-21(36)17(10(2)3)30-20(15)35/h10-12,15-18,28H,4-9H2,1-3H3,(H,27,34)(H,29,36)(H,30,35)(H,32,33)(H4,24,25,26)/t11-,12-,15+,16+,17-,18+/m0/s1. The summed E-state index contributed by atoms with van der Waals surface area (Å²) in [6, 6.07) is -4.30. The van der Waals surface area contributed by atoms with Crippen molar-refractivity contribution in [3.05, 3.63) is 0 Å². The number of aliphatic carboxylic acids is 1. The van der Waals surface area contributed by atoms with E-state index < -0.39 is 84.4 Å². The third-order valence-electron chi connectivity index (χ3n) is 6.30. The minimum Gasteiger partial charge on any atom is -0.481 e. The maximum absolute atomic E-state index is 13.2. The maximum atomic E-state index is 13.2. The third-order valence-corrected chi connectivity index (χ3v) is 6.30. The summed E-state index contributed by atoms with van der Waals surface area (Å²) >= 11 is 0. The number of nitrogens with zero attached hydrogens (tertiary/aromatic N) is 1. The van der Waals surface area contributed by atoms with Crippen LogP contribution in [0.1, 0.15) is 40.0 Å². The molecule has 0 unspecified atom stereocenters. The number of guanidine groups is 1. The van der Waals surface area contributed by atoms with E-state index in [4.69, 9.17) is 16.2 Å². The van der Waals surface area contributed by atoms with Crippen molar-refractivity contribution in [2.75, 3.05) is 19.7 Å². The second kappa shape index (κ2) is 13.7. The number of ketones is 1. The predicted molar refractivity (Wildman–Crippen MR) is 133 cm³/mol. The summed E-state index contributed by atoms with van der Waals surface area (Å²) in [5.41, 5.74) is 10.6. The van der Waals surface area contributed by atoms with Crippen LogP contribution in [0.15, 0.2) is 4.99 Å². The molecule has 15 heteroatoms. The average Bonchev–Trinajstić information content (AvgIpc) is 3.54. The van der Waals surface area contributed by atoms with Crippen LogP contribution in [0.5, 0.6) is 0 Å². The molecule has 1 saturated heterocycles. The highest BCUT2D eigenvalue weighted by Gasteiger charge is 2.61. The summed E-state index contributed by atoms with van der Waals surface area (Å²) in [5.74, 6) is -7.06. The molecule has 3 amide bonds. The Hall–Kier alpha value is -3.75. The van der Waals surface area contributed by atoms with Gasteiger partial charge >= 0.3 is 11.9 Å². The molecule has 212 valence electrons. The maximum Gasteiger partial charge on any atom is 0.311 e. The number of rotatable bonds is 9. The fourth-order valence-electron chi connectivity index (χ4n) is 4.29. The highest BCUT2D eigenvalue weighted by atomic mass is 16.5. The van der Waals surface area contributed by atoms with Crippen LogP contribution < -0.4 is 32.7 Å². The minimum atomic E-state index is -1.29. The number of ether oxygens (including phenoxy) is 1. The molecule has 0 spiro atoms. The van der Waals surface area contributed by atoms with E-state index in [-0.39, 0.29) is 31.4 Å². The zero-order valence-corrected chi connectivity index (χ0v) is 21.7. The molecule has 38 heavy (non-hydrogen) atoms. The number of aliphatic imine (C=N–C) groups is 1. The molecule has 0 bridgehead atoms. The van der Waals surface area contributed by atoms with Gasteiger partial charge < -0.3 is 42.6 Å². The van der Waals surface area contributed by atoms with E-state index in [1.165, 1.54) is 0 Å². The first-order chi connectivity index (χ1) is 17.9. The molecular weight excluding hydrogens is 502 g/mol. The van der Waals surface area contributed by atoms with Crippen LogP contribution in [-0.2, 0) is 33.5 Å². The van der Waals surface area contributed by atoms with E-state index in [1.807, 2.05) is 0 Å². The Morgan fingerprint density at radius 3 is 2.34 bits per heavy atom. The largest absolute Gasteiger partial charge is 0.481 e. The average molecular weight is 540 g/mol. The van der Waals surface area contributed by atoms with Crippen molar-refractivity contribution in [3.8, 4) is 0 Å². The number of Topliss-reactive ketones (excluding diaryl/α,β-unsaturated/α-hetero) is 1.